The molecule has 2 aromatic rings. The number of halogens is 2. The van der Waals surface area contributed by atoms with E-state index in [1.807, 2.05) is 0 Å². The Kier molecular flexibility index (Phi) is 3.75. The Morgan fingerprint density at radius 2 is 1.84 bits per heavy atom. The number of hydrogen-bond donors (Lipinski definition) is 1. The van der Waals surface area contributed by atoms with Crippen molar-refractivity contribution >= 4 is 11.6 Å². The van der Waals surface area contributed by atoms with Crippen LogP contribution in [-0.2, 0) is 0 Å². The minimum absolute atomic E-state index is 0.00586. The first-order valence-electron chi connectivity index (χ1n) is 5.51. The van der Waals surface area contributed by atoms with Crippen molar-refractivity contribution in [3.05, 3.63) is 59.7 Å². The van der Waals surface area contributed by atoms with E-state index in [0.717, 1.165) is 6.07 Å². The Morgan fingerprint density at radius 3 is 2.53 bits per heavy atom. The molecule has 0 radical (unpaired) electrons. The van der Waals surface area contributed by atoms with Gasteiger partial charge in [-0.3, -0.25) is 4.79 Å². The molecule has 0 aliphatic carbocycles. The number of hydrogen-bond acceptors (Lipinski definition) is 2. The van der Waals surface area contributed by atoms with Gasteiger partial charge in [0.2, 0.25) is 0 Å². The summed E-state index contributed by atoms with van der Waals surface area (Å²) < 4.78 is 31.4. The highest BCUT2D eigenvalue weighted by Crippen LogP contribution is 2.22. The first-order chi connectivity index (χ1) is 9.11. The average Bonchev–Trinajstić information content (AvgIpc) is 2.41. The smallest absolute Gasteiger partial charge is 0.258 e. The lowest BCUT2D eigenvalue weighted by molar-refractivity contribution is 0.102. The van der Waals surface area contributed by atoms with Gasteiger partial charge >= 0.3 is 0 Å². The molecule has 0 fully saturated rings. The van der Waals surface area contributed by atoms with Gasteiger partial charge in [-0.1, -0.05) is 12.1 Å². The SMILES string of the molecule is COc1cc(NC(=O)c2ccccc2F)ccc1F. The third-order valence-electron chi connectivity index (χ3n) is 2.53. The largest absolute Gasteiger partial charge is 0.494 e. The van der Waals surface area contributed by atoms with Gasteiger partial charge in [-0.25, -0.2) is 8.78 Å². The van der Waals surface area contributed by atoms with Crippen LogP contribution in [0.25, 0.3) is 0 Å². The normalized spacial score (nSPS) is 10.1. The molecular weight excluding hydrogens is 252 g/mol. The van der Waals surface area contributed by atoms with Crippen LogP contribution in [0.15, 0.2) is 42.5 Å². The molecule has 2 rings (SSSR count). The van der Waals surface area contributed by atoms with Crippen molar-refractivity contribution in [1.82, 2.24) is 0 Å². The second kappa shape index (κ2) is 5.48. The summed E-state index contributed by atoms with van der Waals surface area (Å²) in [6, 6.07) is 9.47. The molecule has 0 bridgehead atoms. The zero-order valence-electron chi connectivity index (χ0n) is 10.1. The van der Waals surface area contributed by atoms with Crippen molar-refractivity contribution in [3.8, 4) is 5.75 Å². The quantitative estimate of drug-likeness (QED) is 0.923. The second-order valence-electron chi connectivity index (χ2n) is 3.78. The predicted molar refractivity (Wildman–Crippen MR) is 67.3 cm³/mol. The van der Waals surface area contributed by atoms with Gasteiger partial charge in [0, 0.05) is 11.8 Å². The first kappa shape index (κ1) is 13.0. The molecule has 0 saturated carbocycles. The maximum Gasteiger partial charge on any atom is 0.258 e. The van der Waals surface area contributed by atoms with Gasteiger partial charge in [-0.15, -0.1) is 0 Å². The van der Waals surface area contributed by atoms with Crippen molar-refractivity contribution in [2.24, 2.45) is 0 Å². The van der Waals surface area contributed by atoms with E-state index in [-0.39, 0.29) is 11.3 Å². The number of anilines is 1. The summed E-state index contributed by atoms with van der Waals surface area (Å²) in [5.74, 6) is -1.75. The minimum atomic E-state index is -0.617. The Bertz CT molecular complexity index is 614. The molecule has 0 heterocycles. The van der Waals surface area contributed by atoms with Crippen LogP contribution in [0.2, 0.25) is 0 Å². The third-order valence-corrected chi connectivity index (χ3v) is 2.53. The molecule has 1 amide bonds. The lowest BCUT2D eigenvalue weighted by Gasteiger charge is -2.08. The lowest BCUT2D eigenvalue weighted by Crippen LogP contribution is -2.13. The minimum Gasteiger partial charge on any atom is -0.494 e. The Balaban J connectivity index is 2.22. The predicted octanol–water partition coefficient (Wildman–Crippen LogP) is 3.23. The summed E-state index contributed by atoms with van der Waals surface area (Å²) >= 11 is 0. The Morgan fingerprint density at radius 1 is 1.11 bits per heavy atom. The fraction of sp³-hybridized carbons (Fsp3) is 0.0714. The molecule has 0 atom stereocenters. The molecule has 0 aromatic heterocycles. The number of benzene rings is 2. The van der Waals surface area contributed by atoms with E-state index in [1.54, 1.807) is 6.07 Å². The van der Waals surface area contributed by atoms with Gasteiger partial charge in [-0.2, -0.15) is 0 Å². The highest BCUT2D eigenvalue weighted by Gasteiger charge is 2.12. The van der Waals surface area contributed by atoms with Crippen molar-refractivity contribution in [2.45, 2.75) is 0 Å². The third kappa shape index (κ3) is 2.88. The lowest BCUT2D eigenvalue weighted by atomic mass is 10.2. The van der Waals surface area contributed by atoms with E-state index in [9.17, 15) is 13.6 Å². The summed E-state index contributed by atoms with van der Waals surface area (Å²) in [5, 5.41) is 2.48. The van der Waals surface area contributed by atoms with E-state index in [2.05, 4.69) is 5.32 Å². The fourth-order valence-corrected chi connectivity index (χ4v) is 1.58. The molecule has 1 N–H and O–H groups in total. The topological polar surface area (TPSA) is 38.3 Å². The summed E-state index contributed by atoms with van der Waals surface area (Å²) in [6.45, 7) is 0. The fourth-order valence-electron chi connectivity index (χ4n) is 1.58. The summed E-state index contributed by atoms with van der Waals surface area (Å²) in [4.78, 5) is 11.8. The van der Waals surface area contributed by atoms with Crippen LogP contribution < -0.4 is 10.1 Å². The van der Waals surface area contributed by atoms with E-state index >= 15 is 0 Å². The zero-order chi connectivity index (χ0) is 13.8. The van der Waals surface area contributed by atoms with Crippen molar-refractivity contribution in [3.63, 3.8) is 0 Å². The van der Waals surface area contributed by atoms with E-state index < -0.39 is 17.5 Å². The maximum absolute atomic E-state index is 13.4. The molecule has 0 saturated heterocycles. The molecule has 0 aliphatic heterocycles. The van der Waals surface area contributed by atoms with Crippen LogP contribution >= 0.6 is 0 Å². The number of nitrogens with one attached hydrogen (secondary N) is 1. The number of ether oxygens (including phenoxy) is 1. The highest BCUT2D eigenvalue weighted by molar-refractivity contribution is 6.04. The maximum atomic E-state index is 13.4. The van der Waals surface area contributed by atoms with Crippen molar-refractivity contribution in [2.75, 3.05) is 12.4 Å². The molecule has 19 heavy (non-hydrogen) atoms. The molecule has 2 aromatic carbocycles. The van der Waals surface area contributed by atoms with Gasteiger partial charge < -0.3 is 10.1 Å². The van der Waals surface area contributed by atoms with E-state index in [4.69, 9.17) is 4.74 Å². The molecular formula is C14H11F2NO2. The standard InChI is InChI=1S/C14H11F2NO2/c1-19-13-8-9(6-7-12(13)16)17-14(18)10-4-2-3-5-11(10)15/h2-8H,1H3,(H,17,18). The van der Waals surface area contributed by atoms with Crippen LogP contribution in [-0.4, -0.2) is 13.0 Å². The summed E-state index contributed by atoms with van der Waals surface area (Å²) in [6.07, 6.45) is 0. The highest BCUT2D eigenvalue weighted by atomic mass is 19.1. The van der Waals surface area contributed by atoms with E-state index in [1.165, 1.54) is 37.4 Å². The number of carbonyl (C=O) groups excluding carboxylic acids is 1. The zero-order valence-corrected chi connectivity index (χ0v) is 10.1. The van der Waals surface area contributed by atoms with Gasteiger partial charge in [0.05, 0.1) is 12.7 Å². The molecule has 98 valence electrons. The van der Waals surface area contributed by atoms with Crippen molar-refractivity contribution < 1.29 is 18.3 Å². The summed E-state index contributed by atoms with van der Waals surface area (Å²) in [7, 11) is 1.32. The second-order valence-corrected chi connectivity index (χ2v) is 3.78. The molecule has 0 aliphatic rings. The average molecular weight is 263 g/mol. The molecule has 0 spiro atoms. The molecule has 5 heteroatoms. The van der Waals surface area contributed by atoms with Crippen LogP contribution in [0.5, 0.6) is 5.75 Å². The van der Waals surface area contributed by atoms with Gasteiger partial charge in [0.25, 0.3) is 5.91 Å². The van der Waals surface area contributed by atoms with Crippen LogP contribution in [0.3, 0.4) is 0 Å². The summed E-state index contributed by atoms with van der Waals surface area (Å²) in [5.41, 5.74) is 0.247. The van der Waals surface area contributed by atoms with Gasteiger partial charge in [0.1, 0.15) is 5.82 Å². The monoisotopic (exact) mass is 263 g/mol. The van der Waals surface area contributed by atoms with Crippen LogP contribution in [0, 0.1) is 11.6 Å². The number of carbonyl (C=O) groups is 1. The number of methoxy groups -OCH3 is 1. The Hall–Kier alpha value is -2.43. The van der Waals surface area contributed by atoms with Crippen LogP contribution in [0.1, 0.15) is 10.4 Å². The number of rotatable bonds is 3. The van der Waals surface area contributed by atoms with E-state index in [0.29, 0.717) is 5.69 Å². The first-order valence-corrected chi connectivity index (χ1v) is 5.51. The molecule has 3 nitrogen and oxygen atoms in total. The van der Waals surface area contributed by atoms with Crippen molar-refractivity contribution in [1.29, 1.82) is 0 Å². The Labute approximate surface area is 108 Å². The number of amides is 1. The van der Waals surface area contributed by atoms with Crippen LogP contribution in [0.4, 0.5) is 14.5 Å². The van der Waals surface area contributed by atoms with Gasteiger partial charge in [-0.05, 0) is 24.3 Å². The van der Waals surface area contributed by atoms with Gasteiger partial charge in [0.15, 0.2) is 11.6 Å². The molecule has 0 unspecified atom stereocenters.